The van der Waals surface area contributed by atoms with Crippen molar-refractivity contribution in [1.82, 2.24) is 0 Å². The number of rotatable bonds is 4. The van der Waals surface area contributed by atoms with Gasteiger partial charge in [-0.15, -0.1) is 0 Å². The van der Waals surface area contributed by atoms with Crippen LogP contribution in [-0.2, 0) is 16.5 Å². The van der Waals surface area contributed by atoms with Crippen molar-refractivity contribution in [2.75, 3.05) is 0 Å². The smallest absolute Gasteiger partial charge is 0.193 e. The maximum absolute atomic E-state index is 12.3. The predicted molar refractivity (Wildman–Crippen MR) is 75.1 cm³/mol. The molecular formula is C15H14O3S. The molecule has 2 aromatic rings. The number of hydrogen-bond acceptors (Lipinski definition) is 3. The Morgan fingerprint density at radius 2 is 1.74 bits per heavy atom. The number of carbonyl (C=O) groups is 1. The Balaban J connectivity index is 2.34. The van der Waals surface area contributed by atoms with E-state index in [0.717, 1.165) is 5.56 Å². The minimum Gasteiger partial charge on any atom is -0.289 e. The van der Waals surface area contributed by atoms with Crippen molar-refractivity contribution in [1.29, 1.82) is 0 Å². The van der Waals surface area contributed by atoms with Gasteiger partial charge in [-0.2, -0.15) is 0 Å². The summed E-state index contributed by atoms with van der Waals surface area (Å²) in [5.41, 5.74) is 2.74. The van der Waals surface area contributed by atoms with E-state index in [0.29, 0.717) is 16.7 Å². The Hall–Kier alpha value is -1.94. The summed E-state index contributed by atoms with van der Waals surface area (Å²) in [6, 6.07) is 14.2. The summed E-state index contributed by atoms with van der Waals surface area (Å²) >= 11 is 0. The van der Waals surface area contributed by atoms with Gasteiger partial charge in [-0.05, 0) is 18.1 Å². The van der Waals surface area contributed by atoms with Crippen LogP contribution in [0.5, 0.6) is 0 Å². The van der Waals surface area contributed by atoms with Crippen LogP contribution in [0.15, 0.2) is 48.5 Å². The highest BCUT2D eigenvalue weighted by molar-refractivity contribution is 7.71. The molecule has 4 heteroatoms. The molecule has 0 aromatic heterocycles. The van der Waals surface area contributed by atoms with Gasteiger partial charge < -0.3 is 0 Å². The Morgan fingerprint density at radius 3 is 2.32 bits per heavy atom. The molecule has 0 aliphatic carbocycles. The van der Waals surface area contributed by atoms with Gasteiger partial charge in [-0.3, -0.25) is 4.79 Å². The summed E-state index contributed by atoms with van der Waals surface area (Å²) in [4.78, 5) is 12.3. The van der Waals surface area contributed by atoms with Crippen LogP contribution >= 0.6 is 0 Å². The second kappa shape index (κ2) is 5.80. The van der Waals surface area contributed by atoms with E-state index in [-0.39, 0.29) is 11.5 Å². The van der Waals surface area contributed by atoms with Gasteiger partial charge in [0.1, 0.15) is 10.7 Å². The van der Waals surface area contributed by atoms with Gasteiger partial charge in [0.25, 0.3) is 0 Å². The van der Waals surface area contributed by atoms with Crippen LogP contribution < -0.4 is 0 Å². The second-order valence-electron chi connectivity index (χ2n) is 4.34. The van der Waals surface area contributed by atoms with Crippen LogP contribution in [0.4, 0.5) is 0 Å². The average molecular weight is 274 g/mol. The van der Waals surface area contributed by atoms with Crippen molar-refractivity contribution in [3.63, 3.8) is 0 Å². The van der Waals surface area contributed by atoms with Crippen LogP contribution in [0.25, 0.3) is 0 Å². The predicted octanol–water partition coefficient (Wildman–Crippen LogP) is 2.34. The summed E-state index contributed by atoms with van der Waals surface area (Å²) in [5.74, 6) is -0.0353. The lowest BCUT2D eigenvalue weighted by molar-refractivity contribution is 0.103. The normalized spacial score (nSPS) is 10.6. The molecule has 0 atom stereocenters. The molecule has 0 fully saturated rings. The minimum absolute atomic E-state index is 0.00990. The Labute approximate surface area is 113 Å². The molecule has 0 heterocycles. The molecule has 2 rings (SSSR count). The number of ketones is 1. The molecular weight excluding hydrogens is 260 g/mol. The highest BCUT2D eigenvalue weighted by Gasteiger charge is 2.11. The fourth-order valence-corrected chi connectivity index (χ4v) is 2.47. The number of benzene rings is 2. The summed E-state index contributed by atoms with van der Waals surface area (Å²) < 4.78 is 21.4. The number of aryl methyl sites for hydroxylation is 1. The molecule has 19 heavy (non-hydrogen) atoms. The van der Waals surface area contributed by atoms with Gasteiger partial charge in [0.05, 0.1) is 5.75 Å². The van der Waals surface area contributed by atoms with Crippen LogP contribution in [0.3, 0.4) is 0 Å². The SMILES string of the molecule is Cc1cc(C[SH](=O)=O)ccc1C(=O)c1ccccc1. The van der Waals surface area contributed by atoms with E-state index in [4.69, 9.17) is 0 Å². The number of hydrogen-bond donors (Lipinski definition) is 1. The fraction of sp³-hybridized carbons (Fsp3) is 0.133. The van der Waals surface area contributed by atoms with E-state index in [9.17, 15) is 13.2 Å². The first-order valence-corrected chi connectivity index (χ1v) is 7.25. The molecule has 0 spiro atoms. The van der Waals surface area contributed by atoms with Crippen molar-refractivity contribution in [3.8, 4) is 0 Å². The first-order chi connectivity index (χ1) is 9.08. The third kappa shape index (κ3) is 3.29. The molecule has 0 saturated carbocycles. The molecule has 2 aromatic carbocycles. The van der Waals surface area contributed by atoms with Crippen molar-refractivity contribution in [3.05, 3.63) is 70.8 Å². The fourth-order valence-electron chi connectivity index (χ4n) is 1.97. The summed E-state index contributed by atoms with van der Waals surface area (Å²) in [5, 5.41) is 0. The topological polar surface area (TPSA) is 51.2 Å². The molecule has 3 nitrogen and oxygen atoms in total. The molecule has 0 N–H and O–H groups in total. The molecule has 0 unspecified atom stereocenters. The molecule has 98 valence electrons. The third-order valence-electron chi connectivity index (χ3n) is 2.88. The Morgan fingerprint density at radius 1 is 1.05 bits per heavy atom. The standard InChI is InChI=1S/C15H14O3S/c1-11-9-12(10-19(17)18)7-8-14(11)15(16)13-5-3-2-4-6-13/h2-9,19H,10H2,1H3. The van der Waals surface area contributed by atoms with Crippen LogP contribution in [0, 0.1) is 6.92 Å². The van der Waals surface area contributed by atoms with Gasteiger partial charge in [0.15, 0.2) is 5.78 Å². The van der Waals surface area contributed by atoms with E-state index in [1.807, 2.05) is 25.1 Å². The maximum atomic E-state index is 12.3. The van der Waals surface area contributed by atoms with Crippen molar-refractivity contribution >= 4 is 16.5 Å². The summed E-state index contributed by atoms with van der Waals surface area (Å²) in [6.45, 7) is 1.82. The van der Waals surface area contributed by atoms with Crippen LogP contribution in [0.2, 0.25) is 0 Å². The van der Waals surface area contributed by atoms with Gasteiger partial charge in [-0.25, -0.2) is 8.42 Å². The zero-order valence-electron chi connectivity index (χ0n) is 10.5. The lowest BCUT2D eigenvalue weighted by atomic mass is 9.98. The first kappa shape index (κ1) is 13.5. The first-order valence-electron chi connectivity index (χ1n) is 5.89. The summed E-state index contributed by atoms with van der Waals surface area (Å²) in [7, 11) is -2.44. The molecule has 0 radical (unpaired) electrons. The average Bonchev–Trinajstić information content (AvgIpc) is 2.38. The van der Waals surface area contributed by atoms with Gasteiger partial charge >= 0.3 is 0 Å². The quantitative estimate of drug-likeness (QED) is 0.687. The van der Waals surface area contributed by atoms with Crippen LogP contribution in [0.1, 0.15) is 27.0 Å². The molecule has 0 bridgehead atoms. The van der Waals surface area contributed by atoms with E-state index < -0.39 is 10.7 Å². The second-order valence-corrected chi connectivity index (χ2v) is 5.32. The summed E-state index contributed by atoms with van der Waals surface area (Å²) in [6.07, 6.45) is 0. The van der Waals surface area contributed by atoms with E-state index in [1.54, 1.807) is 30.3 Å². The molecule has 0 aliphatic rings. The van der Waals surface area contributed by atoms with Gasteiger partial charge in [0, 0.05) is 11.1 Å². The number of carbonyl (C=O) groups excluding carboxylic acids is 1. The van der Waals surface area contributed by atoms with E-state index >= 15 is 0 Å². The minimum atomic E-state index is -2.44. The number of thiol groups is 1. The maximum Gasteiger partial charge on any atom is 0.193 e. The van der Waals surface area contributed by atoms with Crippen molar-refractivity contribution in [2.24, 2.45) is 0 Å². The van der Waals surface area contributed by atoms with Gasteiger partial charge in [0.2, 0.25) is 0 Å². The Bertz CT molecular complexity index is 665. The molecule has 0 aliphatic heterocycles. The molecule has 0 saturated heterocycles. The zero-order valence-corrected chi connectivity index (χ0v) is 11.4. The van der Waals surface area contributed by atoms with Crippen LogP contribution in [-0.4, -0.2) is 14.2 Å². The highest BCUT2D eigenvalue weighted by Crippen LogP contribution is 2.16. The Kier molecular flexibility index (Phi) is 4.12. The van der Waals surface area contributed by atoms with Gasteiger partial charge in [-0.1, -0.05) is 48.5 Å². The third-order valence-corrected chi connectivity index (χ3v) is 3.51. The largest absolute Gasteiger partial charge is 0.289 e. The molecule has 0 amide bonds. The highest BCUT2D eigenvalue weighted by atomic mass is 32.2. The zero-order chi connectivity index (χ0) is 13.8. The van der Waals surface area contributed by atoms with E-state index in [2.05, 4.69) is 0 Å². The van der Waals surface area contributed by atoms with Crippen molar-refractivity contribution < 1.29 is 13.2 Å². The monoisotopic (exact) mass is 274 g/mol. The van der Waals surface area contributed by atoms with E-state index in [1.165, 1.54) is 0 Å². The lowest BCUT2D eigenvalue weighted by Gasteiger charge is -2.06. The van der Waals surface area contributed by atoms with Crippen molar-refractivity contribution in [2.45, 2.75) is 12.7 Å². The lowest BCUT2D eigenvalue weighted by Crippen LogP contribution is -2.04.